The highest BCUT2D eigenvalue weighted by molar-refractivity contribution is 5.90. The highest BCUT2D eigenvalue weighted by Crippen LogP contribution is 2.36. The zero-order valence-corrected chi connectivity index (χ0v) is 6.93. The van der Waals surface area contributed by atoms with Gasteiger partial charge < -0.3 is 9.67 Å². The van der Waals surface area contributed by atoms with Crippen LogP contribution in [0.1, 0.15) is 39.7 Å². The van der Waals surface area contributed by atoms with Gasteiger partial charge >= 0.3 is 5.97 Å². The lowest BCUT2D eigenvalue weighted by atomic mass is 10.3. The quantitative estimate of drug-likeness (QED) is 0.712. The minimum absolute atomic E-state index is 0.189. The summed E-state index contributed by atoms with van der Waals surface area (Å²) in [5.74, 6) is -0.984. The lowest BCUT2D eigenvalue weighted by Gasteiger charge is -1.99. The number of hydrogen-bond donors (Lipinski definition) is 1. The Hall–Kier alpha value is -1.58. The van der Waals surface area contributed by atoms with E-state index in [0.29, 0.717) is 18.0 Å². The van der Waals surface area contributed by atoms with Crippen molar-refractivity contribution in [2.45, 2.75) is 18.9 Å². The zero-order chi connectivity index (χ0) is 9.42. The molecule has 0 atom stereocenters. The molecule has 0 aliphatic heterocycles. The maximum atomic E-state index is 10.6. The van der Waals surface area contributed by atoms with E-state index in [1.54, 1.807) is 4.57 Å². The van der Waals surface area contributed by atoms with Crippen molar-refractivity contribution in [1.29, 1.82) is 0 Å². The van der Waals surface area contributed by atoms with Gasteiger partial charge in [-0.2, -0.15) is 0 Å². The molecule has 0 saturated heterocycles. The predicted molar refractivity (Wildman–Crippen MR) is 45.0 cm³/mol. The standard InChI is InChI=1S/C9H9NO3/c11-5-8-3-6(9(12)13)4-10(8)7-1-2-7/h3-5,7H,1-2H2,(H,12,13). The molecule has 1 fully saturated rings. The van der Waals surface area contributed by atoms with Gasteiger partial charge in [0.2, 0.25) is 0 Å². The fourth-order valence-electron chi connectivity index (χ4n) is 1.38. The first-order chi connectivity index (χ1) is 6.22. The Morgan fingerprint density at radius 2 is 2.31 bits per heavy atom. The molecule has 4 nitrogen and oxygen atoms in total. The summed E-state index contributed by atoms with van der Waals surface area (Å²) in [6, 6.07) is 1.75. The summed E-state index contributed by atoms with van der Waals surface area (Å²) in [5.41, 5.74) is 0.647. The highest BCUT2D eigenvalue weighted by atomic mass is 16.4. The number of aldehydes is 1. The first-order valence-electron chi connectivity index (χ1n) is 4.12. The number of aromatic carboxylic acids is 1. The van der Waals surface area contributed by atoms with Crippen molar-refractivity contribution in [2.24, 2.45) is 0 Å². The van der Waals surface area contributed by atoms with Crippen LogP contribution in [-0.2, 0) is 0 Å². The average molecular weight is 179 g/mol. The van der Waals surface area contributed by atoms with Crippen LogP contribution in [0.5, 0.6) is 0 Å². The predicted octanol–water partition coefficient (Wildman–Crippen LogP) is 1.33. The fraction of sp³-hybridized carbons (Fsp3) is 0.333. The van der Waals surface area contributed by atoms with Crippen LogP contribution in [0.3, 0.4) is 0 Å². The number of rotatable bonds is 3. The van der Waals surface area contributed by atoms with Crippen molar-refractivity contribution < 1.29 is 14.7 Å². The smallest absolute Gasteiger partial charge is 0.337 e. The Balaban J connectivity index is 2.41. The third-order valence-electron chi connectivity index (χ3n) is 2.19. The van der Waals surface area contributed by atoms with Crippen LogP contribution < -0.4 is 0 Å². The lowest BCUT2D eigenvalue weighted by molar-refractivity contribution is 0.0697. The maximum Gasteiger partial charge on any atom is 0.337 e. The van der Waals surface area contributed by atoms with E-state index in [1.807, 2.05) is 0 Å². The topological polar surface area (TPSA) is 59.3 Å². The molecule has 0 bridgehead atoms. The first-order valence-corrected chi connectivity index (χ1v) is 4.12. The van der Waals surface area contributed by atoms with Gasteiger partial charge in [0.1, 0.15) is 0 Å². The molecule has 1 aromatic heterocycles. The first kappa shape index (κ1) is 8.04. The van der Waals surface area contributed by atoms with Crippen molar-refractivity contribution in [3.63, 3.8) is 0 Å². The van der Waals surface area contributed by atoms with E-state index in [9.17, 15) is 9.59 Å². The number of aromatic nitrogens is 1. The summed E-state index contributed by atoms with van der Waals surface area (Å²) >= 11 is 0. The van der Waals surface area contributed by atoms with Crippen molar-refractivity contribution in [1.82, 2.24) is 4.57 Å². The summed E-state index contributed by atoms with van der Waals surface area (Å²) in [5, 5.41) is 8.69. The molecule has 1 aliphatic carbocycles. The monoisotopic (exact) mass is 179 g/mol. The van der Waals surface area contributed by atoms with Gasteiger partial charge in [0.05, 0.1) is 11.3 Å². The number of carbonyl (C=O) groups excluding carboxylic acids is 1. The van der Waals surface area contributed by atoms with Crippen molar-refractivity contribution in [3.05, 3.63) is 23.5 Å². The van der Waals surface area contributed by atoms with Crippen molar-refractivity contribution in [2.75, 3.05) is 0 Å². The van der Waals surface area contributed by atoms with Crippen LogP contribution in [0.15, 0.2) is 12.3 Å². The summed E-state index contributed by atoms with van der Waals surface area (Å²) in [7, 11) is 0. The van der Waals surface area contributed by atoms with E-state index >= 15 is 0 Å². The average Bonchev–Trinajstić information content (AvgIpc) is 2.84. The molecule has 0 unspecified atom stereocenters. The molecule has 1 aromatic rings. The summed E-state index contributed by atoms with van der Waals surface area (Å²) in [6.45, 7) is 0. The third-order valence-corrected chi connectivity index (χ3v) is 2.19. The van der Waals surface area contributed by atoms with E-state index in [-0.39, 0.29) is 5.56 Å². The molecule has 1 heterocycles. The number of hydrogen-bond acceptors (Lipinski definition) is 2. The largest absolute Gasteiger partial charge is 0.478 e. The molecule has 2 rings (SSSR count). The molecule has 1 saturated carbocycles. The van der Waals surface area contributed by atoms with Crippen LogP contribution in [0.2, 0.25) is 0 Å². The Morgan fingerprint density at radius 1 is 1.62 bits per heavy atom. The van der Waals surface area contributed by atoms with Crippen LogP contribution in [-0.4, -0.2) is 21.9 Å². The molecule has 0 amide bonds. The molecule has 1 N–H and O–H groups in total. The minimum Gasteiger partial charge on any atom is -0.478 e. The number of carbonyl (C=O) groups is 2. The third kappa shape index (κ3) is 1.35. The van der Waals surface area contributed by atoms with Crippen LogP contribution in [0.4, 0.5) is 0 Å². The lowest BCUT2D eigenvalue weighted by Crippen LogP contribution is -1.97. The van der Waals surface area contributed by atoms with E-state index in [2.05, 4.69) is 0 Å². The normalized spacial score (nSPS) is 15.7. The molecule has 1 aliphatic rings. The summed E-state index contributed by atoms with van der Waals surface area (Å²) < 4.78 is 1.75. The molecule has 0 spiro atoms. The van der Waals surface area contributed by atoms with Gasteiger partial charge in [-0.25, -0.2) is 4.79 Å². The number of carboxylic acid groups (broad SMARTS) is 1. The fourth-order valence-corrected chi connectivity index (χ4v) is 1.38. The van der Waals surface area contributed by atoms with Gasteiger partial charge in [0, 0.05) is 12.2 Å². The zero-order valence-electron chi connectivity index (χ0n) is 6.93. The van der Waals surface area contributed by atoms with Crippen molar-refractivity contribution in [3.8, 4) is 0 Å². The summed E-state index contributed by atoms with van der Waals surface area (Å²) in [6.07, 6.45) is 4.30. The van der Waals surface area contributed by atoms with E-state index < -0.39 is 5.97 Å². The Morgan fingerprint density at radius 3 is 2.77 bits per heavy atom. The second-order valence-corrected chi connectivity index (χ2v) is 3.22. The molecular weight excluding hydrogens is 170 g/mol. The molecule has 0 aromatic carbocycles. The second kappa shape index (κ2) is 2.73. The maximum absolute atomic E-state index is 10.6. The van der Waals surface area contributed by atoms with Crippen LogP contribution in [0.25, 0.3) is 0 Å². The Kier molecular flexibility index (Phi) is 1.69. The Labute approximate surface area is 74.8 Å². The SMILES string of the molecule is O=Cc1cc(C(=O)O)cn1C1CC1. The van der Waals surface area contributed by atoms with Gasteiger partial charge in [-0.05, 0) is 18.9 Å². The van der Waals surface area contributed by atoms with Gasteiger partial charge in [-0.1, -0.05) is 0 Å². The van der Waals surface area contributed by atoms with Crippen molar-refractivity contribution >= 4 is 12.3 Å². The molecular formula is C9H9NO3. The van der Waals surface area contributed by atoms with Gasteiger partial charge in [-0.3, -0.25) is 4.79 Å². The number of carboxylic acids is 1. The van der Waals surface area contributed by atoms with Gasteiger partial charge in [0.15, 0.2) is 6.29 Å². The van der Waals surface area contributed by atoms with Crippen LogP contribution >= 0.6 is 0 Å². The summed E-state index contributed by atoms with van der Waals surface area (Å²) in [4.78, 5) is 21.2. The molecule has 0 radical (unpaired) electrons. The Bertz CT molecular complexity index is 363. The second-order valence-electron chi connectivity index (χ2n) is 3.22. The molecule has 4 heteroatoms. The van der Waals surface area contributed by atoms with Crippen LogP contribution in [0, 0.1) is 0 Å². The van der Waals surface area contributed by atoms with Gasteiger partial charge in [-0.15, -0.1) is 0 Å². The van der Waals surface area contributed by atoms with E-state index in [4.69, 9.17) is 5.11 Å². The van der Waals surface area contributed by atoms with Gasteiger partial charge in [0.25, 0.3) is 0 Å². The minimum atomic E-state index is -0.984. The van der Waals surface area contributed by atoms with E-state index in [0.717, 1.165) is 12.8 Å². The number of nitrogens with zero attached hydrogens (tertiary/aromatic N) is 1. The molecule has 68 valence electrons. The van der Waals surface area contributed by atoms with E-state index in [1.165, 1.54) is 12.3 Å². The molecule has 13 heavy (non-hydrogen) atoms. The highest BCUT2D eigenvalue weighted by Gasteiger charge is 2.26.